The lowest BCUT2D eigenvalue weighted by Crippen LogP contribution is -2.27. The number of halogens is 2. The third kappa shape index (κ3) is 3.00. The number of rotatable bonds is 2. The SMILES string of the molecule is C[C@@H]1CNC[C@H]1C(=O)Nc1cc(Cl)ccc1Br. The van der Waals surface area contributed by atoms with Crippen LogP contribution in [0.1, 0.15) is 6.92 Å². The van der Waals surface area contributed by atoms with Crippen molar-refractivity contribution in [2.24, 2.45) is 11.8 Å². The second-order valence-corrected chi connectivity index (χ2v) is 5.65. The summed E-state index contributed by atoms with van der Waals surface area (Å²) in [5, 5.41) is 6.74. The van der Waals surface area contributed by atoms with Crippen molar-refractivity contribution in [1.82, 2.24) is 5.32 Å². The summed E-state index contributed by atoms with van der Waals surface area (Å²) >= 11 is 9.30. The third-order valence-corrected chi connectivity index (χ3v) is 3.97. The molecule has 2 N–H and O–H groups in total. The molecule has 1 fully saturated rings. The highest BCUT2D eigenvalue weighted by molar-refractivity contribution is 9.10. The molecule has 2 rings (SSSR count). The summed E-state index contributed by atoms with van der Waals surface area (Å²) in [7, 11) is 0. The Bertz CT molecular complexity index is 439. The van der Waals surface area contributed by atoms with Crippen LogP contribution in [-0.4, -0.2) is 19.0 Å². The predicted molar refractivity (Wildman–Crippen MR) is 73.3 cm³/mol. The van der Waals surface area contributed by atoms with Crippen LogP contribution in [0.15, 0.2) is 22.7 Å². The van der Waals surface area contributed by atoms with Crippen molar-refractivity contribution in [3.05, 3.63) is 27.7 Å². The van der Waals surface area contributed by atoms with E-state index in [1.165, 1.54) is 0 Å². The normalized spacial score (nSPS) is 23.7. The fraction of sp³-hybridized carbons (Fsp3) is 0.417. The van der Waals surface area contributed by atoms with Gasteiger partial charge in [0.2, 0.25) is 5.91 Å². The summed E-state index contributed by atoms with van der Waals surface area (Å²) in [6.45, 7) is 3.72. The van der Waals surface area contributed by atoms with Gasteiger partial charge >= 0.3 is 0 Å². The van der Waals surface area contributed by atoms with Gasteiger partial charge < -0.3 is 10.6 Å². The molecule has 1 amide bonds. The Morgan fingerprint density at radius 2 is 2.29 bits per heavy atom. The van der Waals surface area contributed by atoms with E-state index in [1.807, 2.05) is 6.07 Å². The number of hydrogen-bond donors (Lipinski definition) is 2. The second-order valence-electron chi connectivity index (χ2n) is 4.36. The summed E-state index contributed by atoms with van der Waals surface area (Å²) in [4.78, 5) is 12.1. The molecule has 3 nitrogen and oxygen atoms in total. The smallest absolute Gasteiger partial charge is 0.229 e. The molecule has 0 aliphatic carbocycles. The molecule has 1 heterocycles. The Morgan fingerprint density at radius 1 is 1.53 bits per heavy atom. The van der Waals surface area contributed by atoms with Gasteiger partial charge in [0.1, 0.15) is 0 Å². The van der Waals surface area contributed by atoms with E-state index >= 15 is 0 Å². The van der Waals surface area contributed by atoms with Gasteiger partial charge in [-0.05, 0) is 46.6 Å². The van der Waals surface area contributed by atoms with Crippen molar-refractivity contribution in [2.45, 2.75) is 6.92 Å². The monoisotopic (exact) mass is 316 g/mol. The molecule has 5 heteroatoms. The van der Waals surface area contributed by atoms with Gasteiger partial charge in [0.25, 0.3) is 0 Å². The van der Waals surface area contributed by atoms with Crippen LogP contribution < -0.4 is 10.6 Å². The van der Waals surface area contributed by atoms with Gasteiger partial charge in [-0.1, -0.05) is 18.5 Å². The van der Waals surface area contributed by atoms with Gasteiger partial charge in [-0.3, -0.25) is 4.79 Å². The predicted octanol–water partition coefficient (Wildman–Crippen LogP) is 2.90. The molecule has 92 valence electrons. The summed E-state index contributed by atoms with van der Waals surface area (Å²) in [6, 6.07) is 5.35. The zero-order chi connectivity index (χ0) is 12.4. The maximum atomic E-state index is 12.1. The first-order valence-corrected chi connectivity index (χ1v) is 6.71. The lowest BCUT2D eigenvalue weighted by molar-refractivity contribution is -0.120. The second kappa shape index (κ2) is 5.38. The van der Waals surface area contributed by atoms with Crippen molar-refractivity contribution in [3.63, 3.8) is 0 Å². The quantitative estimate of drug-likeness (QED) is 0.880. The highest BCUT2D eigenvalue weighted by atomic mass is 79.9. The Kier molecular flexibility index (Phi) is 4.07. The average molecular weight is 318 g/mol. The molecule has 1 aromatic rings. The zero-order valence-electron chi connectivity index (χ0n) is 9.47. The van der Waals surface area contributed by atoms with Crippen LogP contribution in [0.4, 0.5) is 5.69 Å². The van der Waals surface area contributed by atoms with Gasteiger partial charge in [0, 0.05) is 16.0 Å². The summed E-state index contributed by atoms with van der Waals surface area (Å²) in [5.41, 5.74) is 0.724. The van der Waals surface area contributed by atoms with Gasteiger partial charge in [-0.2, -0.15) is 0 Å². The number of hydrogen-bond acceptors (Lipinski definition) is 2. The van der Waals surface area contributed by atoms with E-state index in [9.17, 15) is 4.79 Å². The first kappa shape index (κ1) is 12.9. The molecule has 0 unspecified atom stereocenters. The van der Waals surface area contributed by atoms with Gasteiger partial charge in [-0.15, -0.1) is 0 Å². The number of anilines is 1. The van der Waals surface area contributed by atoms with E-state index in [-0.39, 0.29) is 11.8 Å². The first-order chi connectivity index (χ1) is 8.08. The molecule has 0 bridgehead atoms. The molecular formula is C12H14BrClN2O. The molecule has 0 spiro atoms. The van der Waals surface area contributed by atoms with Crippen molar-refractivity contribution in [1.29, 1.82) is 0 Å². The average Bonchev–Trinajstić information content (AvgIpc) is 2.70. The van der Waals surface area contributed by atoms with Crippen LogP contribution in [-0.2, 0) is 4.79 Å². The zero-order valence-corrected chi connectivity index (χ0v) is 11.8. The first-order valence-electron chi connectivity index (χ1n) is 5.54. The summed E-state index contributed by atoms with van der Waals surface area (Å²) in [6.07, 6.45) is 0. The van der Waals surface area contributed by atoms with Crippen molar-refractivity contribution in [3.8, 4) is 0 Å². The van der Waals surface area contributed by atoms with Crippen molar-refractivity contribution >= 4 is 39.1 Å². The minimum Gasteiger partial charge on any atom is -0.325 e. The molecular weight excluding hydrogens is 304 g/mol. The fourth-order valence-electron chi connectivity index (χ4n) is 1.98. The molecule has 1 saturated heterocycles. The van der Waals surface area contributed by atoms with E-state index in [0.29, 0.717) is 10.9 Å². The van der Waals surface area contributed by atoms with Crippen LogP contribution in [0.25, 0.3) is 0 Å². The Balaban J connectivity index is 2.10. The molecule has 0 radical (unpaired) electrons. The number of amides is 1. The highest BCUT2D eigenvalue weighted by Crippen LogP contribution is 2.27. The molecule has 0 saturated carbocycles. The summed E-state index contributed by atoms with van der Waals surface area (Å²) < 4.78 is 0.842. The largest absolute Gasteiger partial charge is 0.325 e. The topological polar surface area (TPSA) is 41.1 Å². The van der Waals surface area contributed by atoms with E-state index in [1.54, 1.807) is 12.1 Å². The fourth-order valence-corrected chi connectivity index (χ4v) is 2.50. The minimum absolute atomic E-state index is 0.0286. The Hall–Kier alpha value is -0.580. The van der Waals surface area contributed by atoms with Gasteiger partial charge in [0.05, 0.1) is 11.6 Å². The molecule has 0 aromatic heterocycles. The third-order valence-electron chi connectivity index (χ3n) is 3.04. The Morgan fingerprint density at radius 3 is 2.94 bits per heavy atom. The standard InChI is InChI=1S/C12H14BrClN2O/c1-7-5-15-6-9(7)12(17)16-11-4-8(14)2-3-10(11)13/h2-4,7,9,15H,5-6H2,1H3,(H,16,17)/t7-,9-/m1/s1. The van der Waals surface area contributed by atoms with Gasteiger partial charge in [0.15, 0.2) is 0 Å². The Labute approximate surface area is 114 Å². The maximum absolute atomic E-state index is 12.1. The van der Waals surface area contributed by atoms with Crippen LogP contribution in [0.5, 0.6) is 0 Å². The van der Waals surface area contributed by atoms with Crippen LogP contribution in [0.2, 0.25) is 5.02 Å². The molecule has 1 aromatic carbocycles. The van der Waals surface area contributed by atoms with E-state index < -0.39 is 0 Å². The van der Waals surface area contributed by atoms with Gasteiger partial charge in [-0.25, -0.2) is 0 Å². The lowest BCUT2D eigenvalue weighted by atomic mass is 9.97. The number of nitrogens with one attached hydrogen (secondary N) is 2. The van der Waals surface area contributed by atoms with E-state index in [4.69, 9.17) is 11.6 Å². The maximum Gasteiger partial charge on any atom is 0.229 e. The van der Waals surface area contributed by atoms with Crippen LogP contribution >= 0.6 is 27.5 Å². The number of carbonyl (C=O) groups is 1. The summed E-state index contributed by atoms with van der Waals surface area (Å²) in [5.74, 6) is 0.444. The molecule has 1 aliphatic rings. The lowest BCUT2D eigenvalue weighted by Gasteiger charge is -2.15. The van der Waals surface area contributed by atoms with E-state index in [0.717, 1.165) is 23.2 Å². The van der Waals surface area contributed by atoms with Crippen LogP contribution in [0.3, 0.4) is 0 Å². The highest BCUT2D eigenvalue weighted by Gasteiger charge is 2.29. The van der Waals surface area contributed by atoms with Crippen LogP contribution in [0, 0.1) is 11.8 Å². The number of carbonyl (C=O) groups excluding carboxylic acids is 1. The van der Waals surface area contributed by atoms with Crippen molar-refractivity contribution in [2.75, 3.05) is 18.4 Å². The number of benzene rings is 1. The molecule has 2 atom stereocenters. The van der Waals surface area contributed by atoms with Crippen molar-refractivity contribution < 1.29 is 4.79 Å². The molecule has 1 aliphatic heterocycles. The van der Waals surface area contributed by atoms with E-state index in [2.05, 4.69) is 33.5 Å². The molecule has 17 heavy (non-hydrogen) atoms. The minimum atomic E-state index is 0.0286.